The van der Waals surface area contributed by atoms with Crippen molar-refractivity contribution >= 4 is 15.4 Å². The fourth-order valence-corrected chi connectivity index (χ4v) is 2.34. The van der Waals surface area contributed by atoms with E-state index in [1.54, 1.807) is 12.1 Å². The van der Waals surface area contributed by atoms with Gasteiger partial charge in [-0.05, 0) is 37.8 Å². The van der Waals surface area contributed by atoms with Gasteiger partial charge in [0.25, 0.3) is 0 Å². The summed E-state index contributed by atoms with van der Waals surface area (Å²) >= 11 is 0. The average molecular weight is 261 g/mol. The van der Waals surface area contributed by atoms with Crippen LogP contribution in [-0.2, 0) is 12.6 Å². The quantitative estimate of drug-likeness (QED) is 0.814. The van der Waals surface area contributed by atoms with Crippen molar-refractivity contribution in [3.8, 4) is 0 Å². The van der Waals surface area contributed by atoms with Crippen molar-refractivity contribution in [1.82, 2.24) is 0 Å². The molecule has 0 radical (unpaired) electrons. The van der Waals surface area contributed by atoms with Crippen LogP contribution in [0.5, 0.6) is 0 Å². The van der Waals surface area contributed by atoms with Crippen molar-refractivity contribution in [3.63, 3.8) is 0 Å². The van der Waals surface area contributed by atoms with Gasteiger partial charge in [-0.15, -0.1) is 0 Å². The van der Waals surface area contributed by atoms with Gasteiger partial charge in [-0.3, -0.25) is 0 Å². The molecule has 0 unspecified atom stereocenters. The molecule has 0 spiro atoms. The first-order valence-electron chi connectivity index (χ1n) is 5.73. The Balaban J connectivity index is 2.84. The average Bonchev–Trinajstić information content (AvgIpc) is 2.15. The summed E-state index contributed by atoms with van der Waals surface area (Å²) in [6.07, 6.45) is -2.35. The Morgan fingerprint density at radius 2 is 2.00 bits per heavy atom. The van der Waals surface area contributed by atoms with Crippen LogP contribution >= 0.6 is 0 Å². The highest BCUT2D eigenvalue weighted by molar-refractivity contribution is 6.32. The van der Waals surface area contributed by atoms with Crippen molar-refractivity contribution in [2.75, 3.05) is 0 Å². The SMILES string of the molecule is C[C@H](N)CCCc1cc([SiH3])ccc1C(F)(F)F. The first kappa shape index (κ1) is 14.2. The lowest BCUT2D eigenvalue weighted by Crippen LogP contribution is -2.16. The summed E-state index contributed by atoms with van der Waals surface area (Å²) < 4.78 is 38.3. The molecule has 0 aliphatic carbocycles. The van der Waals surface area contributed by atoms with Crippen molar-refractivity contribution in [3.05, 3.63) is 29.3 Å². The Kier molecular flexibility index (Phi) is 4.77. The van der Waals surface area contributed by atoms with Crippen LogP contribution in [-0.4, -0.2) is 16.3 Å². The Labute approximate surface area is 103 Å². The summed E-state index contributed by atoms with van der Waals surface area (Å²) in [7, 11) is 0.770. The molecule has 0 saturated carbocycles. The third-order valence-electron chi connectivity index (χ3n) is 2.67. The molecule has 1 nitrogen and oxygen atoms in total. The molecule has 1 atom stereocenters. The zero-order valence-electron chi connectivity index (χ0n) is 10.1. The third-order valence-corrected chi connectivity index (χ3v) is 3.29. The molecule has 0 saturated heterocycles. The number of aryl methyl sites for hydroxylation is 1. The van der Waals surface area contributed by atoms with Crippen molar-refractivity contribution in [1.29, 1.82) is 0 Å². The molecule has 0 bridgehead atoms. The van der Waals surface area contributed by atoms with Gasteiger partial charge >= 0.3 is 6.18 Å². The minimum Gasteiger partial charge on any atom is -0.328 e. The molecule has 17 heavy (non-hydrogen) atoms. The normalized spacial score (nSPS) is 13.9. The summed E-state index contributed by atoms with van der Waals surface area (Å²) in [6.45, 7) is 1.87. The largest absolute Gasteiger partial charge is 0.416 e. The minimum absolute atomic E-state index is 0.0449. The summed E-state index contributed by atoms with van der Waals surface area (Å²) in [6, 6.07) is 4.48. The van der Waals surface area contributed by atoms with Crippen LogP contribution in [0.25, 0.3) is 0 Å². The monoisotopic (exact) mass is 261 g/mol. The van der Waals surface area contributed by atoms with E-state index in [0.717, 1.165) is 21.9 Å². The molecule has 0 fully saturated rings. The van der Waals surface area contributed by atoms with Gasteiger partial charge in [-0.1, -0.05) is 17.3 Å². The van der Waals surface area contributed by atoms with Crippen molar-refractivity contribution in [2.24, 2.45) is 5.73 Å². The highest BCUT2D eigenvalue weighted by atomic mass is 28.1. The maximum atomic E-state index is 12.8. The van der Waals surface area contributed by atoms with E-state index >= 15 is 0 Å². The molecule has 2 N–H and O–H groups in total. The molecule has 1 aromatic carbocycles. The number of rotatable bonds is 4. The molecule has 96 valence electrons. The number of benzene rings is 1. The van der Waals surface area contributed by atoms with Gasteiger partial charge in [0, 0.05) is 16.3 Å². The lowest BCUT2D eigenvalue weighted by Gasteiger charge is -2.14. The van der Waals surface area contributed by atoms with Crippen molar-refractivity contribution < 1.29 is 13.2 Å². The zero-order chi connectivity index (χ0) is 13.1. The van der Waals surface area contributed by atoms with E-state index in [9.17, 15) is 13.2 Å². The number of halogens is 3. The number of alkyl halides is 3. The summed E-state index contributed by atoms with van der Waals surface area (Å²) in [5.74, 6) is 0. The van der Waals surface area contributed by atoms with E-state index in [-0.39, 0.29) is 6.04 Å². The van der Waals surface area contributed by atoms with E-state index in [1.807, 2.05) is 6.92 Å². The fourth-order valence-electron chi connectivity index (χ4n) is 1.82. The maximum Gasteiger partial charge on any atom is 0.416 e. The lowest BCUT2D eigenvalue weighted by molar-refractivity contribution is -0.138. The van der Waals surface area contributed by atoms with Gasteiger partial charge in [0.2, 0.25) is 0 Å². The molecular formula is C12H18F3NSi. The predicted molar refractivity (Wildman–Crippen MR) is 67.6 cm³/mol. The molecule has 0 aliphatic rings. The standard InChI is InChI=1S/C12H18F3NSi/c1-8(16)3-2-4-9-7-10(17)5-6-11(9)12(13,14)15/h5-8H,2-4,16H2,1,17H3/t8-/m0/s1. The summed E-state index contributed by atoms with van der Waals surface area (Å²) in [4.78, 5) is 0. The number of hydrogen-bond acceptors (Lipinski definition) is 1. The second-order valence-corrected chi connectivity index (χ2v) is 5.68. The molecule has 0 heterocycles. The Morgan fingerprint density at radius 3 is 2.53 bits per heavy atom. The van der Waals surface area contributed by atoms with Gasteiger partial charge in [0.15, 0.2) is 0 Å². The summed E-state index contributed by atoms with van der Waals surface area (Å²) in [5, 5.41) is 0.994. The highest BCUT2D eigenvalue weighted by Crippen LogP contribution is 2.32. The molecule has 0 amide bonds. The smallest absolute Gasteiger partial charge is 0.328 e. The van der Waals surface area contributed by atoms with Crippen LogP contribution < -0.4 is 10.9 Å². The molecule has 1 rings (SSSR count). The first-order chi connectivity index (χ1) is 7.80. The molecule has 5 heteroatoms. The number of nitrogens with two attached hydrogens (primary N) is 1. The Hall–Kier alpha value is -0.813. The van der Waals surface area contributed by atoms with E-state index in [0.29, 0.717) is 18.4 Å². The predicted octanol–water partition coefficient (Wildman–Crippen LogP) is 1.37. The second-order valence-electron chi connectivity index (χ2n) is 4.53. The molecule has 1 aromatic rings. The highest BCUT2D eigenvalue weighted by Gasteiger charge is 2.32. The van der Waals surface area contributed by atoms with E-state index in [4.69, 9.17) is 5.73 Å². The minimum atomic E-state index is -4.25. The number of hydrogen-bond donors (Lipinski definition) is 1. The van der Waals surface area contributed by atoms with E-state index in [1.165, 1.54) is 6.07 Å². The van der Waals surface area contributed by atoms with Crippen LogP contribution in [0.1, 0.15) is 30.9 Å². The van der Waals surface area contributed by atoms with Gasteiger partial charge < -0.3 is 5.73 Å². The van der Waals surface area contributed by atoms with Gasteiger partial charge in [0.05, 0.1) is 5.56 Å². The Morgan fingerprint density at radius 1 is 1.35 bits per heavy atom. The van der Waals surface area contributed by atoms with Crippen molar-refractivity contribution in [2.45, 2.75) is 38.4 Å². The van der Waals surface area contributed by atoms with Crippen LogP contribution in [0.15, 0.2) is 18.2 Å². The maximum absolute atomic E-state index is 12.8. The fraction of sp³-hybridized carbons (Fsp3) is 0.500. The van der Waals surface area contributed by atoms with Crippen LogP contribution in [0, 0.1) is 0 Å². The third kappa shape index (κ3) is 4.51. The lowest BCUT2D eigenvalue weighted by atomic mass is 10.0. The van der Waals surface area contributed by atoms with Crippen LogP contribution in [0.4, 0.5) is 13.2 Å². The van der Waals surface area contributed by atoms with E-state index in [2.05, 4.69) is 0 Å². The molecule has 0 aromatic heterocycles. The van der Waals surface area contributed by atoms with Gasteiger partial charge in [-0.25, -0.2) is 0 Å². The summed E-state index contributed by atoms with van der Waals surface area (Å²) in [5.41, 5.74) is 5.50. The van der Waals surface area contributed by atoms with Crippen LogP contribution in [0.3, 0.4) is 0 Å². The van der Waals surface area contributed by atoms with E-state index < -0.39 is 11.7 Å². The topological polar surface area (TPSA) is 26.0 Å². The first-order valence-corrected chi connectivity index (χ1v) is 6.73. The molecular weight excluding hydrogens is 243 g/mol. The Bertz CT molecular complexity index is 375. The van der Waals surface area contributed by atoms with Crippen LogP contribution in [0.2, 0.25) is 0 Å². The molecule has 0 aliphatic heterocycles. The van der Waals surface area contributed by atoms with Gasteiger partial charge in [0.1, 0.15) is 0 Å². The second kappa shape index (κ2) is 5.69. The zero-order valence-corrected chi connectivity index (χ0v) is 12.1. The van der Waals surface area contributed by atoms with Gasteiger partial charge in [-0.2, -0.15) is 13.2 Å².